The third-order valence-corrected chi connectivity index (χ3v) is 4.61. The number of benzene rings is 2. The molecule has 0 aromatic heterocycles. The van der Waals surface area contributed by atoms with Crippen LogP contribution in [0.25, 0.3) is 11.6 Å². The van der Waals surface area contributed by atoms with Crippen molar-refractivity contribution in [3.05, 3.63) is 62.1 Å². The molecule has 1 atom stereocenters. The molecule has 0 bridgehead atoms. The van der Waals surface area contributed by atoms with Crippen LogP contribution in [0.4, 0.5) is 5.69 Å². The van der Waals surface area contributed by atoms with Crippen molar-refractivity contribution in [3.8, 4) is 17.6 Å². The van der Waals surface area contributed by atoms with Gasteiger partial charge in [-0.15, -0.1) is 0 Å². The third kappa shape index (κ3) is 5.33. The molecule has 0 saturated carbocycles. The average Bonchev–Trinajstić information content (AvgIpc) is 2.68. The summed E-state index contributed by atoms with van der Waals surface area (Å²) in [7, 11) is 0. The number of allylic oxidation sites excluding steroid dienone is 1. The zero-order chi connectivity index (χ0) is 20.7. The highest BCUT2D eigenvalue weighted by molar-refractivity contribution is 9.10. The Kier molecular flexibility index (Phi) is 7.59. The normalized spacial score (nSPS) is 12.2. The first-order valence-corrected chi connectivity index (χ1v) is 9.68. The second-order valence-electron chi connectivity index (χ2n) is 6.08. The summed E-state index contributed by atoms with van der Waals surface area (Å²) in [6.45, 7) is 6.36. The number of ether oxygens (including phenoxy) is 2. The van der Waals surface area contributed by atoms with Crippen LogP contribution in [0.3, 0.4) is 0 Å². The van der Waals surface area contributed by atoms with Crippen molar-refractivity contribution in [2.45, 2.75) is 33.3 Å². The molecule has 0 unspecified atom stereocenters. The van der Waals surface area contributed by atoms with Crippen LogP contribution in [0.15, 0.2) is 40.9 Å². The van der Waals surface area contributed by atoms with Crippen molar-refractivity contribution in [2.24, 2.45) is 0 Å². The van der Waals surface area contributed by atoms with E-state index in [1.807, 2.05) is 26.8 Å². The maximum Gasteiger partial charge on any atom is 0.270 e. The number of nitriles is 1. The third-order valence-electron chi connectivity index (χ3n) is 4.03. The lowest BCUT2D eigenvalue weighted by molar-refractivity contribution is -0.384. The molecule has 6 nitrogen and oxygen atoms in total. The summed E-state index contributed by atoms with van der Waals surface area (Å²) in [6, 6.07) is 11.7. The van der Waals surface area contributed by atoms with Crippen molar-refractivity contribution < 1.29 is 14.4 Å². The van der Waals surface area contributed by atoms with E-state index in [0.29, 0.717) is 33.7 Å². The molecule has 0 spiro atoms. The second kappa shape index (κ2) is 9.90. The Hall–Kier alpha value is -2.85. The minimum atomic E-state index is -0.483. The molecule has 7 heteroatoms. The highest BCUT2D eigenvalue weighted by atomic mass is 79.9. The van der Waals surface area contributed by atoms with Crippen LogP contribution < -0.4 is 9.47 Å². The summed E-state index contributed by atoms with van der Waals surface area (Å²) in [5.74, 6) is 1.18. The second-order valence-corrected chi connectivity index (χ2v) is 6.93. The molecule has 2 rings (SSSR count). The molecule has 0 N–H and O–H groups in total. The molecular formula is C21H21BrN2O4. The molecule has 0 aliphatic carbocycles. The summed E-state index contributed by atoms with van der Waals surface area (Å²) in [4.78, 5) is 10.5. The van der Waals surface area contributed by atoms with Gasteiger partial charge in [0.05, 0.1) is 33.7 Å². The number of nitro benzene ring substituents is 1. The first-order valence-electron chi connectivity index (χ1n) is 8.89. The molecule has 0 saturated heterocycles. The van der Waals surface area contributed by atoms with E-state index in [1.165, 1.54) is 12.1 Å². The van der Waals surface area contributed by atoms with Crippen LogP contribution in [0.2, 0.25) is 0 Å². The smallest absolute Gasteiger partial charge is 0.270 e. The Morgan fingerprint density at radius 2 is 2.11 bits per heavy atom. The van der Waals surface area contributed by atoms with Crippen molar-refractivity contribution in [3.63, 3.8) is 0 Å². The fraction of sp³-hybridized carbons (Fsp3) is 0.286. The van der Waals surface area contributed by atoms with Gasteiger partial charge in [-0.2, -0.15) is 5.26 Å². The molecule has 0 aliphatic heterocycles. The number of rotatable bonds is 8. The van der Waals surface area contributed by atoms with E-state index in [4.69, 9.17) is 9.47 Å². The number of halogens is 1. The minimum absolute atomic E-state index is 0.0245. The molecule has 0 amide bonds. The monoisotopic (exact) mass is 444 g/mol. The van der Waals surface area contributed by atoms with E-state index < -0.39 is 4.92 Å². The number of non-ortho nitro benzene ring substituents is 1. The van der Waals surface area contributed by atoms with E-state index in [-0.39, 0.29) is 11.8 Å². The number of hydrogen-bond acceptors (Lipinski definition) is 5. The molecule has 28 heavy (non-hydrogen) atoms. The van der Waals surface area contributed by atoms with Gasteiger partial charge in [0.25, 0.3) is 5.69 Å². The summed E-state index contributed by atoms with van der Waals surface area (Å²) in [6.07, 6.45) is 2.54. The minimum Gasteiger partial charge on any atom is -0.490 e. The van der Waals surface area contributed by atoms with E-state index in [9.17, 15) is 15.4 Å². The number of nitro groups is 1. The molecule has 0 heterocycles. The van der Waals surface area contributed by atoms with Gasteiger partial charge in [-0.05, 0) is 65.5 Å². The van der Waals surface area contributed by atoms with Crippen molar-refractivity contribution >= 4 is 33.3 Å². The Morgan fingerprint density at radius 1 is 1.36 bits per heavy atom. The van der Waals surface area contributed by atoms with Gasteiger partial charge in [0.2, 0.25) is 0 Å². The standard InChI is InChI=1S/C21H21BrN2O4/c1-4-14(3)28-21-19(22)10-15(11-20(21)27-5-2)9-17(13-23)16-7-6-8-18(12-16)24(25)26/h6-12,14H,4-5H2,1-3H3/b17-9-/t14-/m0/s1. The molecule has 0 radical (unpaired) electrons. The van der Waals surface area contributed by atoms with Gasteiger partial charge in [-0.1, -0.05) is 19.1 Å². The van der Waals surface area contributed by atoms with Gasteiger partial charge in [0, 0.05) is 12.1 Å². The van der Waals surface area contributed by atoms with E-state index in [0.717, 1.165) is 12.0 Å². The predicted octanol–water partition coefficient (Wildman–Crippen LogP) is 6.00. The lowest BCUT2D eigenvalue weighted by Gasteiger charge is -2.18. The Morgan fingerprint density at radius 3 is 2.71 bits per heavy atom. The van der Waals surface area contributed by atoms with Gasteiger partial charge < -0.3 is 9.47 Å². The van der Waals surface area contributed by atoms with E-state index >= 15 is 0 Å². The van der Waals surface area contributed by atoms with Crippen molar-refractivity contribution in [1.29, 1.82) is 5.26 Å². The SMILES string of the molecule is CCOc1cc(/C=C(/C#N)c2cccc([N+](=O)[O-])c2)cc(Br)c1O[C@@H](C)CC. The van der Waals surface area contributed by atoms with Crippen molar-refractivity contribution in [2.75, 3.05) is 6.61 Å². The molecule has 0 fully saturated rings. The maximum atomic E-state index is 11.0. The van der Waals surface area contributed by atoms with E-state index in [2.05, 4.69) is 22.0 Å². The topological polar surface area (TPSA) is 85.4 Å². The van der Waals surface area contributed by atoms with Crippen LogP contribution in [0.1, 0.15) is 38.3 Å². The molecule has 0 aliphatic rings. The van der Waals surface area contributed by atoms with Crippen LogP contribution in [-0.2, 0) is 0 Å². The lowest BCUT2D eigenvalue weighted by Crippen LogP contribution is -2.11. The fourth-order valence-electron chi connectivity index (χ4n) is 2.47. The van der Waals surface area contributed by atoms with Gasteiger partial charge in [0.1, 0.15) is 0 Å². The van der Waals surface area contributed by atoms with Crippen LogP contribution >= 0.6 is 15.9 Å². The highest BCUT2D eigenvalue weighted by Gasteiger charge is 2.15. The zero-order valence-electron chi connectivity index (χ0n) is 15.9. The zero-order valence-corrected chi connectivity index (χ0v) is 17.5. The Balaban J connectivity index is 2.49. The largest absolute Gasteiger partial charge is 0.490 e. The predicted molar refractivity (Wildman–Crippen MR) is 112 cm³/mol. The first-order chi connectivity index (χ1) is 13.4. The number of hydrogen-bond donors (Lipinski definition) is 0. The number of nitrogens with zero attached hydrogens (tertiary/aromatic N) is 2. The summed E-state index contributed by atoms with van der Waals surface area (Å²) in [5, 5.41) is 20.6. The lowest BCUT2D eigenvalue weighted by atomic mass is 10.0. The molecule has 146 valence electrons. The van der Waals surface area contributed by atoms with Crippen LogP contribution in [-0.4, -0.2) is 17.6 Å². The van der Waals surface area contributed by atoms with Gasteiger partial charge in [0.15, 0.2) is 11.5 Å². The molecule has 2 aromatic rings. The van der Waals surface area contributed by atoms with Gasteiger partial charge in [-0.3, -0.25) is 10.1 Å². The van der Waals surface area contributed by atoms with Crippen molar-refractivity contribution in [1.82, 2.24) is 0 Å². The maximum absolute atomic E-state index is 11.0. The molecular weight excluding hydrogens is 424 g/mol. The highest BCUT2D eigenvalue weighted by Crippen LogP contribution is 2.39. The first kappa shape index (κ1) is 21.5. The summed E-state index contributed by atoms with van der Waals surface area (Å²) >= 11 is 3.52. The summed E-state index contributed by atoms with van der Waals surface area (Å²) in [5.41, 5.74) is 1.45. The van der Waals surface area contributed by atoms with Crippen LogP contribution in [0.5, 0.6) is 11.5 Å². The molecule has 2 aromatic carbocycles. The van der Waals surface area contributed by atoms with Gasteiger partial charge >= 0.3 is 0 Å². The average molecular weight is 445 g/mol. The Labute approximate surface area is 172 Å². The van der Waals surface area contributed by atoms with Crippen LogP contribution in [0, 0.1) is 21.4 Å². The van der Waals surface area contributed by atoms with Gasteiger partial charge in [-0.25, -0.2) is 0 Å². The van der Waals surface area contributed by atoms with E-state index in [1.54, 1.807) is 24.3 Å². The Bertz CT molecular complexity index is 934. The fourth-order valence-corrected chi connectivity index (χ4v) is 3.02. The quantitative estimate of drug-likeness (QED) is 0.215. The summed E-state index contributed by atoms with van der Waals surface area (Å²) < 4.78 is 12.4.